The Kier molecular flexibility index (Phi) is 7.15. The summed E-state index contributed by atoms with van der Waals surface area (Å²) in [5.41, 5.74) is 7.38. The van der Waals surface area contributed by atoms with E-state index in [4.69, 9.17) is 0 Å². The summed E-state index contributed by atoms with van der Waals surface area (Å²) in [6.07, 6.45) is 11.3. The van der Waals surface area contributed by atoms with Crippen LogP contribution >= 0.6 is 0 Å². The van der Waals surface area contributed by atoms with Gasteiger partial charge in [-0.05, 0) is 53.9 Å². The first-order valence-corrected chi connectivity index (χ1v) is 10.5. The van der Waals surface area contributed by atoms with Gasteiger partial charge in [0.05, 0.1) is 0 Å². The Morgan fingerprint density at radius 2 is 1.88 bits per heavy atom. The van der Waals surface area contributed by atoms with Crippen LogP contribution in [-0.2, 0) is 0 Å². The minimum Gasteiger partial charge on any atom is -0.370 e. The monoisotopic (exact) mass is 353 g/mol. The second-order valence-corrected chi connectivity index (χ2v) is 8.79. The van der Waals surface area contributed by atoms with Gasteiger partial charge in [-0.25, -0.2) is 0 Å². The van der Waals surface area contributed by atoms with Gasteiger partial charge in [0.15, 0.2) is 0 Å². The summed E-state index contributed by atoms with van der Waals surface area (Å²) in [5, 5.41) is 0. The lowest BCUT2D eigenvalue weighted by atomic mass is 9.77. The summed E-state index contributed by atoms with van der Waals surface area (Å²) in [6, 6.07) is 7.06. The van der Waals surface area contributed by atoms with Gasteiger partial charge in [0.25, 0.3) is 0 Å². The lowest BCUT2D eigenvalue weighted by molar-refractivity contribution is 0.387. The Morgan fingerprint density at radius 3 is 2.50 bits per heavy atom. The van der Waals surface area contributed by atoms with Gasteiger partial charge in [-0.1, -0.05) is 78.2 Å². The molecule has 26 heavy (non-hydrogen) atoms. The second kappa shape index (κ2) is 8.93. The lowest BCUT2D eigenvalue weighted by Crippen LogP contribution is -2.25. The van der Waals surface area contributed by atoms with Crippen LogP contribution in [0.4, 0.5) is 0 Å². The zero-order valence-corrected chi connectivity index (χ0v) is 18.2. The molecule has 1 unspecified atom stereocenters. The van der Waals surface area contributed by atoms with Crippen LogP contribution in [-0.4, -0.2) is 18.5 Å². The van der Waals surface area contributed by atoms with Crippen molar-refractivity contribution in [2.75, 3.05) is 13.6 Å². The van der Waals surface area contributed by atoms with Gasteiger partial charge in [-0.15, -0.1) is 0 Å². The van der Waals surface area contributed by atoms with Crippen LogP contribution in [0.2, 0.25) is 0 Å². The maximum atomic E-state index is 2.45. The van der Waals surface area contributed by atoms with Crippen molar-refractivity contribution in [2.45, 2.75) is 79.6 Å². The van der Waals surface area contributed by atoms with Crippen molar-refractivity contribution in [3.63, 3.8) is 0 Å². The second-order valence-electron chi connectivity index (χ2n) is 8.79. The predicted molar refractivity (Wildman–Crippen MR) is 116 cm³/mol. The van der Waals surface area contributed by atoms with Crippen molar-refractivity contribution in [2.24, 2.45) is 5.41 Å². The number of aryl methyl sites for hydroxylation is 1. The highest BCUT2D eigenvalue weighted by atomic mass is 15.1. The first-order valence-electron chi connectivity index (χ1n) is 10.5. The third kappa shape index (κ3) is 4.81. The summed E-state index contributed by atoms with van der Waals surface area (Å²) in [4.78, 5) is 2.39. The molecule has 2 rings (SSSR count). The van der Waals surface area contributed by atoms with E-state index in [0.717, 1.165) is 6.54 Å². The average molecular weight is 354 g/mol. The van der Waals surface area contributed by atoms with Crippen LogP contribution in [0, 0.1) is 12.3 Å². The van der Waals surface area contributed by atoms with Crippen LogP contribution in [0.3, 0.4) is 0 Å². The highest BCUT2D eigenvalue weighted by molar-refractivity contribution is 5.71. The predicted octanol–water partition coefficient (Wildman–Crippen LogP) is 7.33. The van der Waals surface area contributed by atoms with Crippen LogP contribution in [0.25, 0.3) is 5.70 Å². The molecule has 144 valence electrons. The number of unbranched alkanes of at least 4 members (excludes halogenated alkanes) is 2. The maximum Gasteiger partial charge on any atom is 0.0445 e. The number of likely N-dealkylation sites (N-methyl/N-ethyl adjacent to an activating group) is 1. The molecule has 0 radical (unpaired) electrons. The molecule has 0 aliphatic carbocycles. The van der Waals surface area contributed by atoms with Crippen molar-refractivity contribution in [3.05, 3.63) is 52.6 Å². The molecule has 0 amide bonds. The van der Waals surface area contributed by atoms with E-state index >= 15 is 0 Å². The van der Waals surface area contributed by atoms with Gasteiger partial charge in [0.2, 0.25) is 0 Å². The van der Waals surface area contributed by atoms with E-state index in [0.29, 0.717) is 5.92 Å². The molecule has 0 spiro atoms. The zero-order valence-electron chi connectivity index (χ0n) is 18.2. The van der Waals surface area contributed by atoms with E-state index in [9.17, 15) is 0 Å². The first-order chi connectivity index (χ1) is 12.3. The van der Waals surface area contributed by atoms with Gasteiger partial charge in [0, 0.05) is 24.9 Å². The van der Waals surface area contributed by atoms with Gasteiger partial charge in [-0.2, -0.15) is 0 Å². The molecular weight excluding hydrogens is 314 g/mol. The normalized spacial score (nSPS) is 16.3. The third-order valence-electron chi connectivity index (χ3n) is 6.18. The Morgan fingerprint density at radius 1 is 1.15 bits per heavy atom. The standard InChI is InChI=1S/C25H39N/c1-8-10-11-15-25(5,6)22-14-16-26(7)24(18-22)23-13-12-21(17-20(23)4)19(3)9-2/h12-14,17-19H,8-11,15-16H2,1-7H3. The summed E-state index contributed by atoms with van der Waals surface area (Å²) in [6.45, 7) is 15.0. The quantitative estimate of drug-likeness (QED) is 0.442. The van der Waals surface area contributed by atoms with Gasteiger partial charge in [0.1, 0.15) is 0 Å². The Bertz CT molecular complexity index is 663. The van der Waals surface area contributed by atoms with Crippen molar-refractivity contribution < 1.29 is 0 Å². The van der Waals surface area contributed by atoms with Crippen molar-refractivity contribution in [1.82, 2.24) is 4.90 Å². The number of hydrogen-bond acceptors (Lipinski definition) is 1. The van der Waals surface area contributed by atoms with E-state index in [2.05, 4.69) is 83.8 Å². The maximum absolute atomic E-state index is 2.45. The topological polar surface area (TPSA) is 3.24 Å². The molecule has 1 aliphatic rings. The molecule has 0 bridgehead atoms. The minimum atomic E-state index is 0.256. The van der Waals surface area contributed by atoms with E-state index in [-0.39, 0.29) is 5.41 Å². The molecule has 1 aliphatic heterocycles. The molecule has 1 atom stereocenters. The fourth-order valence-corrected chi connectivity index (χ4v) is 3.88. The van der Waals surface area contributed by atoms with Gasteiger partial charge in [-0.3, -0.25) is 0 Å². The molecule has 1 aromatic carbocycles. The first kappa shape index (κ1) is 20.8. The van der Waals surface area contributed by atoms with E-state index in [1.807, 2.05) is 0 Å². The SMILES string of the molecule is CCCCCC(C)(C)C1=CCN(C)C(c2ccc(C(C)CC)cc2C)=C1. The van der Waals surface area contributed by atoms with E-state index in [1.54, 1.807) is 0 Å². The van der Waals surface area contributed by atoms with Crippen molar-refractivity contribution in [3.8, 4) is 0 Å². The molecular formula is C25H39N. The number of nitrogens with zero attached hydrogens (tertiary/aromatic N) is 1. The molecule has 0 N–H and O–H groups in total. The third-order valence-corrected chi connectivity index (χ3v) is 6.18. The molecule has 1 nitrogen and oxygen atoms in total. The summed E-state index contributed by atoms with van der Waals surface area (Å²) < 4.78 is 0. The van der Waals surface area contributed by atoms with Crippen LogP contribution in [0.15, 0.2) is 35.9 Å². The Balaban J connectivity index is 2.30. The fourth-order valence-electron chi connectivity index (χ4n) is 3.88. The molecule has 1 heteroatoms. The molecule has 0 aromatic heterocycles. The number of benzene rings is 1. The van der Waals surface area contributed by atoms with E-state index < -0.39 is 0 Å². The number of hydrogen-bond donors (Lipinski definition) is 0. The van der Waals surface area contributed by atoms with Gasteiger partial charge >= 0.3 is 0 Å². The van der Waals surface area contributed by atoms with Crippen LogP contribution in [0.1, 0.15) is 89.3 Å². The summed E-state index contributed by atoms with van der Waals surface area (Å²) in [5.74, 6) is 0.633. The lowest BCUT2D eigenvalue weighted by Gasteiger charge is -2.34. The Hall–Kier alpha value is -1.50. The average Bonchev–Trinajstić information content (AvgIpc) is 2.61. The van der Waals surface area contributed by atoms with Crippen LogP contribution in [0.5, 0.6) is 0 Å². The van der Waals surface area contributed by atoms with Crippen molar-refractivity contribution in [1.29, 1.82) is 0 Å². The molecule has 0 saturated heterocycles. The largest absolute Gasteiger partial charge is 0.370 e. The van der Waals surface area contributed by atoms with Crippen molar-refractivity contribution >= 4 is 5.70 Å². The summed E-state index contributed by atoms with van der Waals surface area (Å²) in [7, 11) is 2.21. The smallest absolute Gasteiger partial charge is 0.0445 e. The van der Waals surface area contributed by atoms with E-state index in [1.165, 1.54) is 60.1 Å². The molecule has 1 aromatic rings. The minimum absolute atomic E-state index is 0.256. The highest BCUT2D eigenvalue weighted by Crippen LogP contribution is 2.38. The van der Waals surface area contributed by atoms with Gasteiger partial charge < -0.3 is 4.90 Å². The number of rotatable bonds is 8. The fraction of sp³-hybridized carbons (Fsp3) is 0.600. The molecule has 0 saturated carbocycles. The zero-order chi connectivity index (χ0) is 19.3. The molecule has 0 fully saturated rings. The Labute approximate surface area is 162 Å². The summed E-state index contributed by atoms with van der Waals surface area (Å²) >= 11 is 0. The molecule has 1 heterocycles. The van der Waals surface area contributed by atoms with Crippen LogP contribution < -0.4 is 0 Å². The highest BCUT2D eigenvalue weighted by Gasteiger charge is 2.25. The number of allylic oxidation sites excluding steroid dienone is 2.